The molecule has 164 valence electrons. The van der Waals surface area contributed by atoms with E-state index < -0.39 is 0 Å². The van der Waals surface area contributed by atoms with E-state index in [1.54, 1.807) is 43.1 Å². The van der Waals surface area contributed by atoms with Crippen molar-refractivity contribution in [1.82, 2.24) is 14.5 Å². The second-order valence-electron chi connectivity index (χ2n) is 6.50. The van der Waals surface area contributed by atoms with Gasteiger partial charge in [-0.25, -0.2) is 4.98 Å². The Morgan fingerprint density at radius 1 is 1.19 bits per heavy atom. The number of carbonyl (C=O) groups is 1. The third kappa shape index (κ3) is 4.69. The molecule has 2 N–H and O–H groups in total. The summed E-state index contributed by atoms with van der Waals surface area (Å²) in [5.74, 6) is 1.14. The zero-order valence-corrected chi connectivity index (χ0v) is 19.5. The fraction of sp³-hybridized carbons (Fsp3) is 0.143. The van der Waals surface area contributed by atoms with Crippen LogP contribution in [-0.4, -0.2) is 40.4 Å². The van der Waals surface area contributed by atoms with Crippen LogP contribution in [0, 0.1) is 3.95 Å². The van der Waals surface area contributed by atoms with Gasteiger partial charge in [-0.3, -0.25) is 14.2 Å². The molecule has 1 amide bonds. The molecule has 2 heterocycles. The number of thioether (sulfide) groups is 1. The number of anilines is 1. The molecule has 11 heteroatoms. The molecule has 4 rings (SSSR count). The molecular formula is C21H18N4O4S3. The lowest BCUT2D eigenvalue weighted by molar-refractivity contribution is -0.113. The van der Waals surface area contributed by atoms with Gasteiger partial charge in [0.1, 0.15) is 16.2 Å². The molecule has 0 unspecified atom stereocenters. The largest absolute Gasteiger partial charge is 0.497 e. The van der Waals surface area contributed by atoms with Crippen molar-refractivity contribution < 1.29 is 14.3 Å². The van der Waals surface area contributed by atoms with Crippen LogP contribution < -0.4 is 20.3 Å². The van der Waals surface area contributed by atoms with E-state index in [1.807, 2.05) is 24.3 Å². The third-order valence-electron chi connectivity index (χ3n) is 4.43. The minimum Gasteiger partial charge on any atom is -0.497 e. The summed E-state index contributed by atoms with van der Waals surface area (Å²) in [7, 11) is 3.14. The van der Waals surface area contributed by atoms with Crippen LogP contribution in [0.1, 0.15) is 0 Å². The van der Waals surface area contributed by atoms with Gasteiger partial charge in [0.05, 0.1) is 25.7 Å². The molecule has 0 aliphatic heterocycles. The monoisotopic (exact) mass is 486 g/mol. The summed E-state index contributed by atoms with van der Waals surface area (Å²) in [6, 6.07) is 14.4. The fourth-order valence-electron chi connectivity index (χ4n) is 2.97. The maximum atomic E-state index is 12.6. The number of ether oxygens (including phenoxy) is 2. The number of aromatic nitrogens is 3. The predicted octanol–water partition coefficient (Wildman–Crippen LogP) is 4.25. The van der Waals surface area contributed by atoms with E-state index in [1.165, 1.54) is 11.3 Å². The Morgan fingerprint density at radius 2 is 1.91 bits per heavy atom. The van der Waals surface area contributed by atoms with Crippen LogP contribution in [0.2, 0.25) is 0 Å². The van der Waals surface area contributed by atoms with Crippen molar-refractivity contribution in [2.45, 2.75) is 5.16 Å². The van der Waals surface area contributed by atoms with Gasteiger partial charge >= 0.3 is 0 Å². The van der Waals surface area contributed by atoms with Crippen LogP contribution in [-0.2, 0) is 4.79 Å². The number of carbonyl (C=O) groups excluding carboxylic acids is 1. The van der Waals surface area contributed by atoms with Gasteiger partial charge < -0.3 is 19.8 Å². The highest BCUT2D eigenvalue weighted by molar-refractivity contribution is 7.99. The number of benzene rings is 2. The number of H-pyrrole nitrogens is 1. The number of amides is 1. The van der Waals surface area contributed by atoms with E-state index in [-0.39, 0.29) is 17.2 Å². The quantitative estimate of drug-likeness (QED) is 0.229. The van der Waals surface area contributed by atoms with Crippen LogP contribution in [0.5, 0.6) is 11.5 Å². The second-order valence-corrected chi connectivity index (χ2v) is 9.11. The van der Waals surface area contributed by atoms with E-state index >= 15 is 0 Å². The van der Waals surface area contributed by atoms with E-state index in [0.29, 0.717) is 36.6 Å². The number of aromatic amines is 1. The summed E-state index contributed by atoms with van der Waals surface area (Å²) in [6.07, 6.45) is 0. The molecular weight excluding hydrogens is 468 g/mol. The van der Waals surface area contributed by atoms with Crippen LogP contribution in [0.25, 0.3) is 16.0 Å². The highest BCUT2D eigenvalue weighted by atomic mass is 32.2. The van der Waals surface area contributed by atoms with Crippen molar-refractivity contribution >= 4 is 57.3 Å². The lowest BCUT2D eigenvalue weighted by Crippen LogP contribution is -2.15. The van der Waals surface area contributed by atoms with Gasteiger partial charge in [0.15, 0.2) is 14.8 Å². The average molecular weight is 487 g/mol. The Bertz CT molecular complexity index is 1410. The SMILES string of the molecule is COc1cccc(NC(=O)CSc2nc3c(sc(=S)n3-c3cccc(OC)c3)c(=O)[nH]2)c1. The molecule has 0 fully saturated rings. The summed E-state index contributed by atoms with van der Waals surface area (Å²) in [5, 5.41) is 3.13. The predicted molar refractivity (Wildman–Crippen MR) is 129 cm³/mol. The average Bonchev–Trinajstić information content (AvgIpc) is 3.14. The number of methoxy groups -OCH3 is 2. The van der Waals surface area contributed by atoms with Gasteiger partial charge in [0.2, 0.25) is 5.91 Å². The molecule has 0 radical (unpaired) electrons. The smallest absolute Gasteiger partial charge is 0.271 e. The minimum absolute atomic E-state index is 0.0652. The molecule has 8 nitrogen and oxygen atoms in total. The number of rotatable bonds is 7. The standard InChI is InChI=1S/C21H18N4O4S3/c1-28-14-7-3-5-12(9-14)22-16(26)11-31-20-23-18-17(19(27)24-20)32-21(30)25(18)13-6-4-8-15(10-13)29-2/h3-10H,11H2,1-2H3,(H,22,26)(H,23,24,27). The highest BCUT2D eigenvalue weighted by Crippen LogP contribution is 2.26. The van der Waals surface area contributed by atoms with Crippen LogP contribution in [0.4, 0.5) is 5.69 Å². The van der Waals surface area contributed by atoms with E-state index in [9.17, 15) is 9.59 Å². The van der Waals surface area contributed by atoms with Gasteiger partial charge in [-0.2, -0.15) is 0 Å². The fourth-order valence-corrected chi connectivity index (χ4v) is 4.90. The first-order valence-corrected chi connectivity index (χ1v) is 11.6. The number of nitrogens with one attached hydrogen (secondary N) is 2. The first kappa shape index (κ1) is 22.1. The Kier molecular flexibility index (Phi) is 6.58. The Balaban J connectivity index is 1.59. The molecule has 0 atom stereocenters. The van der Waals surface area contributed by atoms with Crippen LogP contribution in [0.3, 0.4) is 0 Å². The topological polar surface area (TPSA) is 98.2 Å². The number of fused-ring (bicyclic) bond motifs is 1. The minimum atomic E-state index is -0.302. The zero-order chi connectivity index (χ0) is 22.7. The molecule has 0 saturated heterocycles. The van der Waals surface area contributed by atoms with Gasteiger partial charge in [-0.15, -0.1) is 0 Å². The van der Waals surface area contributed by atoms with Crippen molar-refractivity contribution in [3.63, 3.8) is 0 Å². The Labute approximate surface area is 196 Å². The molecule has 0 aliphatic rings. The molecule has 2 aromatic heterocycles. The normalized spacial score (nSPS) is 10.8. The summed E-state index contributed by atoms with van der Waals surface area (Å²) in [4.78, 5) is 32.3. The zero-order valence-electron chi connectivity index (χ0n) is 17.1. The molecule has 4 aromatic rings. The maximum Gasteiger partial charge on any atom is 0.271 e. The highest BCUT2D eigenvalue weighted by Gasteiger charge is 2.15. The summed E-state index contributed by atoms with van der Waals surface area (Å²) in [5.41, 5.74) is 1.50. The molecule has 0 bridgehead atoms. The van der Waals surface area contributed by atoms with Gasteiger partial charge in [0.25, 0.3) is 5.56 Å². The van der Waals surface area contributed by atoms with Crippen molar-refractivity contribution in [2.75, 3.05) is 25.3 Å². The van der Waals surface area contributed by atoms with Crippen LogP contribution >= 0.6 is 35.3 Å². The number of hydrogen-bond donors (Lipinski definition) is 2. The number of hydrogen-bond acceptors (Lipinski definition) is 8. The van der Waals surface area contributed by atoms with E-state index in [4.69, 9.17) is 21.7 Å². The Morgan fingerprint density at radius 3 is 2.66 bits per heavy atom. The van der Waals surface area contributed by atoms with Crippen molar-refractivity contribution in [2.24, 2.45) is 0 Å². The number of thiazole rings is 1. The van der Waals surface area contributed by atoms with Crippen molar-refractivity contribution in [3.05, 3.63) is 62.8 Å². The lowest BCUT2D eigenvalue weighted by Gasteiger charge is -2.08. The maximum absolute atomic E-state index is 12.6. The summed E-state index contributed by atoms with van der Waals surface area (Å²) in [6.45, 7) is 0. The van der Waals surface area contributed by atoms with E-state index in [2.05, 4.69) is 15.3 Å². The first-order valence-electron chi connectivity index (χ1n) is 9.35. The van der Waals surface area contributed by atoms with Crippen LogP contribution in [0.15, 0.2) is 58.5 Å². The summed E-state index contributed by atoms with van der Waals surface area (Å²) >= 11 is 7.80. The van der Waals surface area contributed by atoms with Crippen molar-refractivity contribution in [1.29, 1.82) is 0 Å². The number of nitrogens with zero attached hydrogens (tertiary/aromatic N) is 2. The third-order valence-corrected chi connectivity index (χ3v) is 6.66. The van der Waals surface area contributed by atoms with Crippen molar-refractivity contribution in [3.8, 4) is 17.2 Å². The van der Waals surface area contributed by atoms with Gasteiger partial charge in [-0.1, -0.05) is 35.2 Å². The lowest BCUT2D eigenvalue weighted by atomic mass is 10.3. The molecule has 0 spiro atoms. The molecule has 0 saturated carbocycles. The molecule has 2 aromatic carbocycles. The van der Waals surface area contributed by atoms with Gasteiger partial charge in [0, 0.05) is 17.8 Å². The Hall–Kier alpha value is -3.15. The molecule has 0 aliphatic carbocycles. The molecule has 32 heavy (non-hydrogen) atoms. The van der Waals surface area contributed by atoms with Gasteiger partial charge in [-0.05, 0) is 36.5 Å². The van der Waals surface area contributed by atoms with E-state index in [0.717, 1.165) is 17.4 Å². The second kappa shape index (κ2) is 9.55. The summed E-state index contributed by atoms with van der Waals surface area (Å²) < 4.78 is 13.1. The first-order chi connectivity index (χ1) is 15.5.